The molecule has 0 saturated carbocycles. The van der Waals surface area contributed by atoms with Crippen LogP contribution in [0, 0.1) is 5.92 Å². The van der Waals surface area contributed by atoms with Gasteiger partial charge in [-0.25, -0.2) is 0 Å². The molecule has 2 heterocycles. The van der Waals surface area contributed by atoms with Gasteiger partial charge in [0.05, 0.1) is 12.2 Å². The summed E-state index contributed by atoms with van der Waals surface area (Å²) in [4.78, 5) is 16.8. The van der Waals surface area contributed by atoms with E-state index in [0.717, 1.165) is 19.5 Å². The summed E-state index contributed by atoms with van der Waals surface area (Å²) < 4.78 is 0. The fraction of sp³-hybridized carbons (Fsp3) is 0.923. The van der Waals surface area contributed by atoms with E-state index in [1.807, 2.05) is 0 Å². The van der Waals surface area contributed by atoms with Crippen LogP contribution in [-0.4, -0.2) is 54.1 Å². The van der Waals surface area contributed by atoms with E-state index in [0.29, 0.717) is 17.9 Å². The first kappa shape index (κ1) is 12.8. The molecule has 0 aromatic rings. The molecule has 2 fully saturated rings. The van der Waals surface area contributed by atoms with E-state index in [1.54, 1.807) is 0 Å². The highest BCUT2D eigenvalue weighted by atomic mass is 16.2. The monoisotopic (exact) mass is 239 g/mol. The molecule has 0 spiro atoms. The molecule has 0 bridgehead atoms. The highest BCUT2D eigenvalue weighted by molar-refractivity contribution is 5.84. The van der Waals surface area contributed by atoms with Crippen LogP contribution >= 0.6 is 0 Å². The summed E-state index contributed by atoms with van der Waals surface area (Å²) in [6.45, 7) is 8.50. The maximum Gasteiger partial charge on any atom is 0.241 e. The second-order valence-electron chi connectivity index (χ2n) is 5.87. The van der Waals surface area contributed by atoms with E-state index < -0.39 is 0 Å². The Labute approximate surface area is 104 Å². The van der Waals surface area contributed by atoms with Crippen LogP contribution in [-0.2, 0) is 4.79 Å². The van der Waals surface area contributed by atoms with Gasteiger partial charge in [0.1, 0.15) is 0 Å². The number of nitrogens with one attached hydrogen (secondary N) is 1. The Morgan fingerprint density at radius 3 is 2.65 bits per heavy atom. The molecule has 0 aliphatic carbocycles. The number of nitrogens with zero attached hydrogens (tertiary/aromatic N) is 2. The zero-order valence-electron chi connectivity index (χ0n) is 11.4. The molecular weight excluding hydrogens is 214 g/mol. The van der Waals surface area contributed by atoms with E-state index in [9.17, 15) is 4.79 Å². The van der Waals surface area contributed by atoms with E-state index >= 15 is 0 Å². The van der Waals surface area contributed by atoms with Crippen molar-refractivity contribution in [1.82, 2.24) is 15.1 Å². The van der Waals surface area contributed by atoms with Crippen LogP contribution in [0.4, 0.5) is 0 Å². The van der Waals surface area contributed by atoms with E-state index in [-0.39, 0.29) is 12.2 Å². The number of likely N-dealkylation sites (tertiary alicyclic amines) is 1. The Hall–Kier alpha value is -0.610. The van der Waals surface area contributed by atoms with Crippen LogP contribution < -0.4 is 5.32 Å². The Kier molecular flexibility index (Phi) is 3.73. The number of hydrogen-bond donors (Lipinski definition) is 1. The molecule has 3 unspecified atom stereocenters. The van der Waals surface area contributed by atoms with Crippen molar-refractivity contribution in [3.05, 3.63) is 0 Å². The number of carbonyl (C=O) groups excluding carboxylic acids is 1. The second-order valence-corrected chi connectivity index (χ2v) is 5.87. The lowest BCUT2D eigenvalue weighted by Gasteiger charge is -2.37. The largest absolute Gasteiger partial charge is 0.322 e. The summed E-state index contributed by atoms with van der Waals surface area (Å²) in [5.74, 6) is 0.670. The molecule has 0 aromatic heterocycles. The molecule has 4 nitrogen and oxygen atoms in total. The fourth-order valence-electron chi connectivity index (χ4n) is 3.10. The van der Waals surface area contributed by atoms with Gasteiger partial charge in [-0.3, -0.25) is 10.1 Å². The van der Waals surface area contributed by atoms with Gasteiger partial charge >= 0.3 is 0 Å². The zero-order valence-corrected chi connectivity index (χ0v) is 11.4. The normalized spacial score (nSPS) is 35.9. The van der Waals surface area contributed by atoms with Crippen molar-refractivity contribution in [2.45, 2.75) is 51.9 Å². The predicted molar refractivity (Wildman–Crippen MR) is 68.6 cm³/mol. The third-order valence-electron chi connectivity index (χ3n) is 4.02. The first-order valence-corrected chi connectivity index (χ1v) is 6.77. The van der Waals surface area contributed by atoms with Gasteiger partial charge in [0, 0.05) is 12.6 Å². The average molecular weight is 239 g/mol. The highest BCUT2D eigenvalue weighted by Crippen LogP contribution is 2.23. The lowest BCUT2D eigenvalue weighted by atomic mass is 10.0. The first-order valence-electron chi connectivity index (χ1n) is 6.77. The van der Waals surface area contributed by atoms with Crippen LogP contribution in [0.15, 0.2) is 0 Å². The summed E-state index contributed by atoms with van der Waals surface area (Å²) in [5.41, 5.74) is 0. The van der Waals surface area contributed by atoms with Crippen molar-refractivity contribution < 1.29 is 4.79 Å². The molecule has 0 aromatic carbocycles. The van der Waals surface area contributed by atoms with Crippen LogP contribution in [0.3, 0.4) is 0 Å². The summed E-state index contributed by atoms with van der Waals surface area (Å²) in [5, 5.41) is 3.42. The topological polar surface area (TPSA) is 35.6 Å². The standard InChI is InChI=1S/C13H25N3O/c1-9(2)12-13(17)16(10(3)14-12)11-6-5-7-15(4)8-11/h9-12,14H,5-8H2,1-4H3. The molecule has 0 radical (unpaired) electrons. The van der Waals surface area contributed by atoms with Gasteiger partial charge in [0.2, 0.25) is 5.91 Å². The maximum atomic E-state index is 12.4. The van der Waals surface area contributed by atoms with Crippen LogP contribution in [0.1, 0.15) is 33.6 Å². The van der Waals surface area contributed by atoms with Crippen LogP contribution in [0.5, 0.6) is 0 Å². The lowest BCUT2D eigenvalue weighted by molar-refractivity contribution is -0.133. The second kappa shape index (κ2) is 4.94. The molecule has 2 rings (SSSR count). The Balaban J connectivity index is 2.07. The molecule has 1 amide bonds. The third-order valence-corrected chi connectivity index (χ3v) is 4.02. The molecule has 2 aliphatic heterocycles. The van der Waals surface area contributed by atoms with E-state index in [4.69, 9.17) is 0 Å². The van der Waals surface area contributed by atoms with E-state index in [2.05, 4.69) is 42.9 Å². The minimum atomic E-state index is 0.0113. The minimum Gasteiger partial charge on any atom is -0.322 e. The number of hydrogen-bond acceptors (Lipinski definition) is 3. The molecule has 98 valence electrons. The van der Waals surface area contributed by atoms with Crippen LogP contribution in [0.25, 0.3) is 0 Å². The Morgan fingerprint density at radius 2 is 2.12 bits per heavy atom. The van der Waals surface area contributed by atoms with Gasteiger partial charge < -0.3 is 9.80 Å². The number of carbonyl (C=O) groups is 1. The van der Waals surface area contributed by atoms with Gasteiger partial charge in [0.25, 0.3) is 0 Å². The average Bonchev–Trinajstić information content (AvgIpc) is 2.54. The summed E-state index contributed by atoms with van der Waals surface area (Å²) >= 11 is 0. The van der Waals surface area contributed by atoms with Gasteiger partial charge in [-0.15, -0.1) is 0 Å². The lowest BCUT2D eigenvalue weighted by Crippen LogP contribution is -2.50. The van der Waals surface area contributed by atoms with Gasteiger partial charge in [-0.05, 0) is 39.3 Å². The van der Waals surface area contributed by atoms with Crippen molar-refractivity contribution in [3.8, 4) is 0 Å². The molecule has 2 aliphatic rings. The van der Waals surface area contributed by atoms with E-state index in [1.165, 1.54) is 6.42 Å². The molecule has 4 heteroatoms. The molecule has 1 N–H and O–H groups in total. The quantitative estimate of drug-likeness (QED) is 0.777. The van der Waals surface area contributed by atoms with Crippen molar-refractivity contribution in [2.24, 2.45) is 5.92 Å². The zero-order chi connectivity index (χ0) is 12.6. The molecule has 2 saturated heterocycles. The number of likely N-dealkylation sites (N-methyl/N-ethyl adjacent to an activating group) is 1. The smallest absolute Gasteiger partial charge is 0.241 e. The Morgan fingerprint density at radius 1 is 1.41 bits per heavy atom. The fourth-order valence-corrected chi connectivity index (χ4v) is 3.10. The Bertz CT molecular complexity index is 292. The molecule has 3 atom stereocenters. The van der Waals surface area contributed by atoms with Gasteiger partial charge in [-0.1, -0.05) is 13.8 Å². The minimum absolute atomic E-state index is 0.0113. The number of rotatable bonds is 2. The van der Waals surface area contributed by atoms with Crippen molar-refractivity contribution >= 4 is 5.91 Å². The van der Waals surface area contributed by atoms with Crippen molar-refractivity contribution in [1.29, 1.82) is 0 Å². The summed E-state index contributed by atoms with van der Waals surface area (Å²) in [6.07, 6.45) is 2.53. The number of piperidine rings is 1. The molecular formula is C13H25N3O. The van der Waals surface area contributed by atoms with Crippen molar-refractivity contribution in [2.75, 3.05) is 20.1 Å². The van der Waals surface area contributed by atoms with Crippen molar-refractivity contribution in [3.63, 3.8) is 0 Å². The molecule has 17 heavy (non-hydrogen) atoms. The van der Waals surface area contributed by atoms with Gasteiger partial charge in [0.15, 0.2) is 0 Å². The number of amides is 1. The summed E-state index contributed by atoms with van der Waals surface area (Å²) in [6, 6.07) is 0.407. The predicted octanol–water partition coefficient (Wildman–Crippen LogP) is 0.883. The SMILES string of the molecule is CC(C)C1NC(C)N(C2CCCN(C)C2)C1=O. The van der Waals surface area contributed by atoms with Gasteiger partial charge in [-0.2, -0.15) is 0 Å². The summed E-state index contributed by atoms with van der Waals surface area (Å²) in [7, 11) is 2.14. The third kappa shape index (κ3) is 2.47. The van der Waals surface area contributed by atoms with Crippen LogP contribution in [0.2, 0.25) is 0 Å². The maximum absolute atomic E-state index is 12.4. The first-order chi connectivity index (χ1) is 8.00. The highest BCUT2D eigenvalue weighted by Gasteiger charge is 2.42.